The number of aryl methyl sites for hydroxylation is 1. The van der Waals surface area contributed by atoms with Crippen LogP contribution in [0.3, 0.4) is 0 Å². The molecule has 0 saturated carbocycles. The van der Waals surface area contributed by atoms with Crippen LogP contribution in [0.1, 0.15) is 18.4 Å². The van der Waals surface area contributed by atoms with E-state index in [2.05, 4.69) is 55.1 Å². The van der Waals surface area contributed by atoms with E-state index in [-0.39, 0.29) is 0 Å². The molecule has 0 aliphatic carbocycles. The van der Waals surface area contributed by atoms with Gasteiger partial charge in [0.25, 0.3) is 0 Å². The molecule has 3 rings (SSSR count). The molecule has 0 bridgehead atoms. The average Bonchev–Trinajstić information content (AvgIpc) is 2.55. The van der Waals surface area contributed by atoms with Crippen molar-refractivity contribution >= 4 is 17.3 Å². The molecule has 0 radical (unpaired) electrons. The first-order valence-corrected chi connectivity index (χ1v) is 8.70. The molecular formula is C20H25ClN2. The third kappa shape index (κ3) is 3.70. The fraction of sp³-hybridized carbons (Fsp3) is 0.400. The molecule has 1 aliphatic heterocycles. The van der Waals surface area contributed by atoms with Crippen molar-refractivity contribution in [2.24, 2.45) is 0 Å². The molecule has 1 aliphatic rings. The topological polar surface area (TPSA) is 6.48 Å². The number of piperidine rings is 1. The van der Waals surface area contributed by atoms with E-state index in [1.165, 1.54) is 35.2 Å². The Balaban J connectivity index is 1.78. The number of rotatable bonds is 3. The number of anilines is 1. The second-order valence-corrected chi connectivity index (χ2v) is 7.13. The van der Waals surface area contributed by atoms with E-state index < -0.39 is 0 Å². The van der Waals surface area contributed by atoms with Gasteiger partial charge in [-0.25, -0.2) is 0 Å². The Morgan fingerprint density at radius 3 is 2.39 bits per heavy atom. The van der Waals surface area contributed by atoms with Crippen LogP contribution in [0.25, 0.3) is 11.1 Å². The van der Waals surface area contributed by atoms with Gasteiger partial charge in [-0.05, 0) is 74.8 Å². The molecule has 23 heavy (non-hydrogen) atoms. The Kier molecular flexibility index (Phi) is 4.93. The summed E-state index contributed by atoms with van der Waals surface area (Å²) < 4.78 is 0. The van der Waals surface area contributed by atoms with E-state index in [1.807, 2.05) is 18.2 Å². The summed E-state index contributed by atoms with van der Waals surface area (Å²) in [4.78, 5) is 4.86. The lowest BCUT2D eigenvalue weighted by Crippen LogP contribution is -2.42. The molecule has 0 aromatic heterocycles. The van der Waals surface area contributed by atoms with Gasteiger partial charge < -0.3 is 9.80 Å². The summed E-state index contributed by atoms with van der Waals surface area (Å²) in [6, 6.07) is 15.6. The first-order valence-electron chi connectivity index (χ1n) is 8.32. The first kappa shape index (κ1) is 16.4. The van der Waals surface area contributed by atoms with Crippen molar-refractivity contribution in [3.63, 3.8) is 0 Å². The average molecular weight is 329 g/mol. The van der Waals surface area contributed by atoms with Crippen molar-refractivity contribution in [2.45, 2.75) is 25.8 Å². The van der Waals surface area contributed by atoms with Crippen LogP contribution < -0.4 is 4.90 Å². The van der Waals surface area contributed by atoms with E-state index in [4.69, 9.17) is 11.6 Å². The summed E-state index contributed by atoms with van der Waals surface area (Å²) in [5, 5.41) is 0.789. The SMILES string of the molecule is Cc1cc(N2CCC(N(C)C)CC2)ccc1-c1cccc(Cl)c1. The Morgan fingerprint density at radius 2 is 1.78 bits per heavy atom. The van der Waals surface area contributed by atoms with Crippen LogP contribution in [0.2, 0.25) is 5.02 Å². The van der Waals surface area contributed by atoms with E-state index in [1.54, 1.807) is 0 Å². The van der Waals surface area contributed by atoms with Gasteiger partial charge >= 0.3 is 0 Å². The Hall–Kier alpha value is -1.51. The summed E-state index contributed by atoms with van der Waals surface area (Å²) in [7, 11) is 4.37. The molecule has 0 atom stereocenters. The number of halogens is 1. The standard InChI is InChI=1S/C20H25ClN2/c1-15-13-19(23-11-9-18(10-12-23)22(2)3)7-8-20(15)16-5-4-6-17(21)14-16/h4-8,13-14,18H,9-12H2,1-3H3. The normalized spacial score (nSPS) is 16.1. The molecule has 0 amide bonds. The van der Waals surface area contributed by atoms with Crippen LogP contribution in [0.4, 0.5) is 5.69 Å². The van der Waals surface area contributed by atoms with E-state index in [0.717, 1.165) is 24.2 Å². The number of hydrogen-bond donors (Lipinski definition) is 0. The highest BCUT2D eigenvalue weighted by molar-refractivity contribution is 6.30. The van der Waals surface area contributed by atoms with Crippen molar-refractivity contribution in [3.8, 4) is 11.1 Å². The van der Waals surface area contributed by atoms with E-state index in [0.29, 0.717) is 0 Å². The second-order valence-electron chi connectivity index (χ2n) is 6.69. The smallest absolute Gasteiger partial charge is 0.0412 e. The third-order valence-electron chi connectivity index (χ3n) is 4.91. The fourth-order valence-corrected chi connectivity index (χ4v) is 3.66. The lowest BCUT2D eigenvalue weighted by molar-refractivity contribution is 0.249. The quantitative estimate of drug-likeness (QED) is 0.795. The molecule has 1 fully saturated rings. The number of nitrogens with zero attached hydrogens (tertiary/aromatic N) is 2. The van der Waals surface area contributed by atoms with Gasteiger partial charge in [-0.15, -0.1) is 0 Å². The Bertz CT molecular complexity index is 673. The summed E-state index contributed by atoms with van der Waals surface area (Å²) in [5.74, 6) is 0. The van der Waals surface area contributed by atoms with Crippen molar-refractivity contribution in [1.82, 2.24) is 4.90 Å². The zero-order chi connectivity index (χ0) is 16.4. The van der Waals surface area contributed by atoms with E-state index in [9.17, 15) is 0 Å². The third-order valence-corrected chi connectivity index (χ3v) is 5.14. The van der Waals surface area contributed by atoms with Crippen LogP contribution >= 0.6 is 11.6 Å². The maximum absolute atomic E-state index is 6.13. The summed E-state index contributed by atoms with van der Waals surface area (Å²) in [5.41, 5.74) is 5.09. The summed E-state index contributed by atoms with van der Waals surface area (Å²) >= 11 is 6.13. The minimum Gasteiger partial charge on any atom is -0.371 e. The van der Waals surface area contributed by atoms with Gasteiger partial charge in [0, 0.05) is 29.8 Å². The van der Waals surface area contributed by atoms with Crippen molar-refractivity contribution < 1.29 is 0 Å². The maximum atomic E-state index is 6.13. The monoisotopic (exact) mass is 328 g/mol. The zero-order valence-electron chi connectivity index (χ0n) is 14.2. The van der Waals surface area contributed by atoms with Crippen molar-refractivity contribution in [1.29, 1.82) is 0 Å². The number of hydrogen-bond acceptors (Lipinski definition) is 2. The predicted octanol–water partition coefficient (Wildman–Crippen LogP) is 4.85. The number of benzene rings is 2. The second kappa shape index (κ2) is 6.94. The van der Waals surface area contributed by atoms with Crippen molar-refractivity contribution in [2.75, 3.05) is 32.1 Å². The molecule has 0 spiro atoms. The van der Waals surface area contributed by atoms with Crippen molar-refractivity contribution in [3.05, 3.63) is 53.1 Å². The zero-order valence-corrected chi connectivity index (χ0v) is 15.0. The highest BCUT2D eigenvalue weighted by Gasteiger charge is 2.21. The predicted molar refractivity (Wildman–Crippen MR) is 101 cm³/mol. The summed E-state index contributed by atoms with van der Waals surface area (Å²) in [6.45, 7) is 4.46. The minimum absolute atomic E-state index is 0.720. The molecule has 0 unspecified atom stereocenters. The van der Waals surface area contributed by atoms with Crippen LogP contribution in [-0.2, 0) is 0 Å². The molecule has 2 aromatic carbocycles. The molecule has 1 saturated heterocycles. The summed E-state index contributed by atoms with van der Waals surface area (Å²) in [6.07, 6.45) is 2.48. The van der Waals surface area contributed by atoms with Gasteiger partial charge in [-0.1, -0.05) is 29.8 Å². The van der Waals surface area contributed by atoms with Gasteiger partial charge in [0.15, 0.2) is 0 Å². The molecule has 2 nitrogen and oxygen atoms in total. The van der Waals surface area contributed by atoms with Gasteiger partial charge in [-0.2, -0.15) is 0 Å². The van der Waals surface area contributed by atoms with Crippen LogP contribution in [0, 0.1) is 6.92 Å². The fourth-order valence-electron chi connectivity index (χ4n) is 3.46. The van der Waals surface area contributed by atoms with E-state index >= 15 is 0 Å². The Labute approximate surface area is 144 Å². The molecule has 0 N–H and O–H groups in total. The lowest BCUT2D eigenvalue weighted by Gasteiger charge is -2.36. The first-order chi connectivity index (χ1) is 11.0. The highest BCUT2D eigenvalue weighted by atomic mass is 35.5. The molecule has 3 heteroatoms. The largest absolute Gasteiger partial charge is 0.371 e. The molecule has 1 heterocycles. The Morgan fingerprint density at radius 1 is 1.04 bits per heavy atom. The highest BCUT2D eigenvalue weighted by Crippen LogP contribution is 2.30. The molecular weight excluding hydrogens is 304 g/mol. The lowest BCUT2D eigenvalue weighted by atomic mass is 9.98. The van der Waals surface area contributed by atoms with Crippen LogP contribution in [-0.4, -0.2) is 38.1 Å². The van der Waals surface area contributed by atoms with Gasteiger partial charge in [0.1, 0.15) is 0 Å². The van der Waals surface area contributed by atoms with Crippen LogP contribution in [0.5, 0.6) is 0 Å². The maximum Gasteiger partial charge on any atom is 0.0412 e. The molecule has 2 aromatic rings. The molecule has 122 valence electrons. The minimum atomic E-state index is 0.720. The van der Waals surface area contributed by atoms with Crippen LogP contribution in [0.15, 0.2) is 42.5 Å². The van der Waals surface area contributed by atoms with Gasteiger partial charge in [0.2, 0.25) is 0 Å². The van der Waals surface area contributed by atoms with Gasteiger partial charge in [0.05, 0.1) is 0 Å². The van der Waals surface area contributed by atoms with Gasteiger partial charge in [-0.3, -0.25) is 0 Å².